The number of carbonyl (C=O) groups is 4. The van der Waals surface area contributed by atoms with E-state index in [1.54, 1.807) is 19.2 Å². The summed E-state index contributed by atoms with van der Waals surface area (Å²) in [6.45, 7) is 2.71. The van der Waals surface area contributed by atoms with E-state index in [4.69, 9.17) is 0 Å². The molecule has 0 radical (unpaired) electrons. The molecule has 0 aliphatic carbocycles. The largest absolute Gasteiger partial charge is 0.312 e. The van der Waals surface area contributed by atoms with E-state index < -0.39 is 0 Å². The van der Waals surface area contributed by atoms with Gasteiger partial charge in [-0.1, -0.05) is 24.3 Å². The van der Waals surface area contributed by atoms with E-state index in [0.29, 0.717) is 18.4 Å². The molecule has 0 N–H and O–H groups in total. The summed E-state index contributed by atoms with van der Waals surface area (Å²) in [5.74, 6) is -0.925. The first-order chi connectivity index (χ1) is 13.3. The lowest BCUT2D eigenvalue weighted by atomic mass is 10.0. The lowest BCUT2D eigenvalue weighted by Gasteiger charge is -2.17. The molecule has 0 spiro atoms. The molecule has 144 valence electrons. The molecular formula is C22H22N2O4. The van der Waals surface area contributed by atoms with Crippen LogP contribution in [0, 0.1) is 0 Å². The smallest absolute Gasteiger partial charge is 0.250 e. The highest BCUT2D eigenvalue weighted by Crippen LogP contribution is 2.20. The summed E-state index contributed by atoms with van der Waals surface area (Å²) in [4.78, 5) is 48.0. The Morgan fingerprint density at radius 2 is 1.29 bits per heavy atom. The molecule has 0 aliphatic heterocycles. The first-order valence-electron chi connectivity index (χ1n) is 8.72. The number of benzene rings is 2. The standard InChI is InChI=1S/C22H22N2O4/c1-16(26)24(17(2)27)21-12-8-19(9-13-21)15-18-6-10-20(11-7-18)23(3)22(28)5-4-14-25/h4-14H,15H2,1-3H3/b5-4-. The van der Waals surface area contributed by atoms with Crippen LogP contribution in [0.3, 0.4) is 0 Å². The van der Waals surface area contributed by atoms with Crippen molar-refractivity contribution in [1.29, 1.82) is 0 Å². The van der Waals surface area contributed by atoms with Crippen LogP contribution in [0.4, 0.5) is 11.4 Å². The van der Waals surface area contributed by atoms with Crippen LogP contribution < -0.4 is 9.80 Å². The maximum absolute atomic E-state index is 11.9. The maximum Gasteiger partial charge on any atom is 0.250 e. The third kappa shape index (κ3) is 5.23. The van der Waals surface area contributed by atoms with Crippen molar-refractivity contribution < 1.29 is 19.2 Å². The van der Waals surface area contributed by atoms with Crippen LogP contribution >= 0.6 is 0 Å². The van der Waals surface area contributed by atoms with Gasteiger partial charge in [0.25, 0.3) is 5.91 Å². The Kier molecular flexibility index (Phi) is 6.98. The fraction of sp³-hybridized carbons (Fsp3) is 0.182. The summed E-state index contributed by atoms with van der Waals surface area (Å²) in [7, 11) is 1.64. The van der Waals surface area contributed by atoms with Crippen LogP contribution in [0.2, 0.25) is 0 Å². The molecule has 0 atom stereocenters. The highest BCUT2D eigenvalue weighted by Gasteiger charge is 2.15. The number of allylic oxidation sites excluding steroid dienone is 1. The molecule has 2 rings (SSSR count). The number of nitrogens with zero attached hydrogens (tertiary/aromatic N) is 2. The molecule has 0 aliphatic rings. The number of rotatable bonds is 6. The molecule has 0 saturated heterocycles. The second-order valence-electron chi connectivity index (χ2n) is 6.28. The number of carbonyl (C=O) groups excluding carboxylic acids is 4. The van der Waals surface area contributed by atoms with Gasteiger partial charge in [0.2, 0.25) is 11.8 Å². The van der Waals surface area contributed by atoms with Gasteiger partial charge in [-0.3, -0.25) is 24.1 Å². The summed E-state index contributed by atoms with van der Waals surface area (Å²) in [6.07, 6.45) is 3.61. The zero-order valence-electron chi connectivity index (χ0n) is 16.1. The van der Waals surface area contributed by atoms with Crippen molar-refractivity contribution in [1.82, 2.24) is 0 Å². The number of hydrogen-bond acceptors (Lipinski definition) is 4. The van der Waals surface area contributed by atoms with Crippen LogP contribution in [0.15, 0.2) is 60.7 Å². The SMILES string of the molecule is CC(=O)N(C(C)=O)c1ccc(Cc2ccc(N(C)C(=O)/C=C\C=O)cc2)cc1. The summed E-state index contributed by atoms with van der Waals surface area (Å²) in [5.41, 5.74) is 3.35. The lowest BCUT2D eigenvalue weighted by Crippen LogP contribution is -2.32. The minimum Gasteiger partial charge on any atom is -0.312 e. The van der Waals surface area contributed by atoms with Gasteiger partial charge < -0.3 is 4.90 Å². The molecule has 0 fully saturated rings. The minimum absolute atomic E-state index is 0.282. The van der Waals surface area contributed by atoms with Crippen molar-refractivity contribution in [3.05, 3.63) is 71.8 Å². The number of aldehydes is 1. The van der Waals surface area contributed by atoms with Gasteiger partial charge in [0.1, 0.15) is 6.29 Å². The van der Waals surface area contributed by atoms with E-state index in [9.17, 15) is 19.2 Å². The van der Waals surface area contributed by atoms with E-state index in [2.05, 4.69) is 0 Å². The van der Waals surface area contributed by atoms with Crippen LogP contribution in [-0.4, -0.2) is 31.1 Å². The van der Waals surface area contributed by atoms with Gasteiger partial charge in [-0.2, -0.15) is 0 Å². The van der Waals surface area contributed by atoms with Crippen LogP contribution in [0.5, 0.6) is 0 Å². The third-order valence-corrected chi connectivity index (χ3v) is 4.20. The highest BCUT2D eigenvalue weighted by molar-refractivity contribution is 6.13. The third-order valence-electron chi connectivity index (χ3n) is 4.20. The second-order valence-corrected chi connectivity index (χ2v) is 6.28. The fourth-order valence-electron chi connectivity index (χ4n) is 2.78. The van der Waals surface area contributed by atoms with E-state index in [1.807, 2.05) is 36.4 Å². The zero-order valence-corrected chi connectivity index (χ0v) is 16.1. The van der Waals surface area contributed by atoms with Crippen molar-refractivity contribution in [3.63, 3.8) is 0 Å². The molecule has 28 heavy (non-hydrogen) atoms. The van der Waals surface area contributed by atoms with Crippen LogP contribution in [0.1, 0.15) is 25.0 Å². The van der Waals surface area contributed by atoms with Crippen LogP contribution in [-0.2, 0) is 25.6 Å². The first-order valence-corrected chi connectivity index (χ1v) is 8.72. The molecule has 2 aromatic rings. The van der Waals surface area contributed by atoms with Crippen molar-refractivity contribution in [2.75, 3.05) is 16.8 Å². The van der Waals surface area contributed by atoms with E-state index in [1.165, 1.54) is 24.8 Å². The quantitative estimate of drug-likeness (QED) is 0.572. The topological polar surface area (TPSA) is 74.8 Å². The molecule has 3 amide bonds. The number of hydrogen-bond donors (Lipinski definition) is 0. The van der Waals surface area contributed by atoms with Crippen LogP contribution in [0.25, 0.3) is 0 Å². The predicted molar refractivity (Wildman–Crippen MR) is 108 cm³/mol. The first kappa shape index (κ1) is 20.8. The zero-order chi connectivity index (χ0) is 20.7. The molecule has 0 bridgehead atoms. The Balaban J connectivity index is 2.09. The molecule has 6 nitrogen and oxygen atoms in total. The van der Waals surface area contributed by atoms with Crippen molar-refractivity contribution in [3.8, 4) is 0 Å². The second kappa shape index (κ2) is 9.41. The van der Waals surface area contributed by atoms with Gasteiger partial charge in [-0.25, -0.2) is 0 Å². The Labute approximate surface area is 164 Å². The maximum atomic E-state index is 11.9. The summed E-state index contributed by atoms with van der Waals surface area (Å²) >= 11 is 0. The van der Waals surface area contributed by atoms with E-state index in [0.717, 1.165) is 27.8 Å². The molecule has 2 aromatic carbocycles. The Bertz CT molecular complexity index is 885. The molecule has 0 aromatic heterocycles. The Morgan fingerprint density at radius 1 is 0.821 bits per heavy atom. The number of anilines is 2. The molecule has 0 unspecified atom stereocenters. The normalized spacial score (nSPS) is 10.5. The van der Waals surface area contributed by atoms with E-state index >= 15 is 0 Å². The summed E-state index contributed by atoms with van der Waals surface area (Å²) < 4.78 is 0. The van der Waals surface area contributed by atoms with Gasteiger partial charge >= 0.3 is 0 Å². The van der Waals surface area contributed by atoms with Gasteiger partial charge in [0.15, 0.2) is 0 Å². The Morgan fingerprint density at radius 3 is 1.71 bits per heavy atom. The van der Waals surface area contributed by atoms with Crippen molar-refractivity contribution in [2.24, 2.45) is 0 Å². The summed E-state index contributed by atoms with van der Waals surface area (Å²) in [6, 6.07) is 14.8. The highest BCUT2D eigenvalue weighted by atomic mass is 16.2. The number of imide groups is 1. The predicted octanol–water partition coefficient (Wildman–Crippen LogP) is 2.89. The minimum atomic E-state index is -0.322. The van der Waals surface area contributed by atoms with Crippen molar-refractivity contribution in [2.45, 2.75) is 20.3 Å². The van der Waals surface area contributed by atoms with Gasteiger partial charge in [-0.15, -0.1) is 0 Å². The average Bonchev–Trinajstić information content (AvgIpc) is 2.67. The fourth-order valence-corrected chi connectivity index (χ4v) is 2.78. The number of amides is 3. The van der Waals surface area contributed by atoms with Gasteiger partial charge in [0.05, 0.1) is 5.69 Å². The lowest BCUT2D eigenvalue weighted by molar-refractivity contribution is -0.124. The average molecular weight is 378 g/mol. The monoisotopic (exact) mass is 378 g/mol. The summed E-state index contributed by atoms with van der Waals surface area (Å²) in [5, 5.41) is 0. The van der Waals surface area contributed by atoms with E-state index in [-0.39, 0.29) is 17.7 Å². The van der Waals surface area contributed by atoms with Crippen molar-refractivity contribution >= 4 is 35.4 Å². The molecule has 0 heterocycles. The Hall–Kier alpha value is -3.54. The molecular weight excluding hydrogens is 356 g/mol. The molecule has 0 saturated carbocycles. The van der Waals surface area contributed by atoms with Gasteiger partial charge in [0, 0.05) is 32.7 Å². The van der Waals surface area contributed by atoms with Gasteiger partial charge in [-0.05, 0) is 47.9 Å². The molecule has 6 heteroatoms. The number of likely N-dealkylation sites (N-methyl/N-ethyl adjacent to an activating group) is 1.